The Balaban J connectivity index is 2.96. The molecule has 0 aromatic carbocycles. The first-order valence-electron chi connectivity index (χ1n) is 4.35. The molecule has 3 N–H and O–H groups in total. The molecule has 0 aliphatic carbocycles. The number of aliphatic hydroxyl groups is 1. The van der Waals surface area contributed by atoms with Crippen LogP contribution in [0.1, 0.15) is 23.9 Å². The van der Waals surface area contributed by atoms with Crippen molar-refractivity contribution in [3.05, 3.63) is 17.5 Å². The summed E-state index contributed by atoms with van der Waals surface area (Å²) in [4.78, 5) is 0. The number of aromatic nitrogens is 2. The summed E-state index contributed by atoms with van der Waals surface area (Å²) in [6.07, 6.45) is -5.29. The van der Waals surface area contributed by atoms with Crippen molar-refractivity contribution >= 4 is 0 Å². The molecule has 86 valence electrons. The van der Waals surface area contributed by atoms with Crippen LogP contribution in [0.5, 0.6) is 0 Å². The molecule has 1 heterocycles. The molecule has 1 unspecified atom stereocenters. The molecule has 4 nitrogen and oxygen atoms in total. The van der Waals surface area contributed by atoms with E-state index in [9.17, 15) is 18.3 Å². The Bertz CT molecular complexity index is 334. The number of hydrogen-bond donors (Lipinski definition) is 2. The summed E-state index contributed by atoms with van der Waals surface area (Å²) in [5, 5.41) is 12.7. The van der Waals surface area contributed by atoms with Gasteiger partial charge in [0.15, 0.2) is 5.69 Å². The molecule has 0 aliphatic heterocycles. The molecule has 0 saturated heterocycles. The van der Waals surface area contributed by atoms with Gasteiger partial charge in [-0.3, -0.25) is 4.68 Å². The average molecular weight is 223 g/mol. The second-order valence-electron chi connectivity index (χ2n) is 3.17. The van der Waals surface area contributed by atoms with Crippen molar-refractivity contribution < 1.29 is 18.3 Å². The molecular weight excluding hydrogens is 211 g/mol. The van der Waals surface area contributed by atoms with Gasteiger partial charge in [0.05, 0.1) is 11.8 Å². The Kier molecular flexibility index (Phi) is 3.35. The minimum Gasteiger partial charge on any atom is -0.387 e. The van der Waals surface area contributed by atoms with Crippen molar-refractivity contribution in [2.45, 2.75) is 18.7 Å². The number of aliphatic hydroxyl groups excluding tert-OH is 1. The van der Waals surface area contributed by atoms with Crippen LogP contribution in [0.2, 0.25) is 0 Å². The zero-order chi connectivity index (χ0) is 11.6. The molecular formula is C8H12F3N3O. The van der Waals surface area contributed by atoms with Crippen LogP contribution in [0.25, 0.3) is 0 Å². The topological polar surface area (TPSA) is 64.1 Å². The van der Waals surface area contributed by atoms with Gasteiger partial charge in [-0.1, -0.05) is 0 Å². The average Bonchev–Trinajstić information content (AvgIpc) is 2.47. The highest BCUT2D eigenvalue weighted by Gasteiger charge is 2.35. The maximum Gasteiger partial charge on any atom is 0.435 e. The molecule has 0 amide bonds. The van der Waals surface area contributed by atoms with Gasteiger partial charge in [0.2, 0.25) is 0 Å². The lowest BCUT2D eigenvalue weighted by Crippen LogP contribution is -2.10. The van der Waals surface area contributed by atoms with E-state index in [0.29, 0.717) is 0 Å². The SMILES string of the molecule is Cn1nc(C(F)(F)F)cc1C(O)CCN. The highest BCUT2D eigenvalue weighted by molar-refractivity contribution is 5.15. The third kappa shape index (κ3) is 2.69. The van der Waals surface area contributed by atoms with Crippen molar-refractivity contribution in [1.29, 1.82) is 0 Å². The molecule has 0 radical (unpaired) electrons. The maximum atomic E-state index is 12.2. The first kappa shape index (κ1) is 12.0. The number of halogens is 3. The number of nitrogens with two attached hydrogens (primary N) is 1. The van der Waals surface area contributed by atoms with Gasteiger partial charge >= 0.3 is 6.18 Å². The predicted octanol–water partition coefficient (Wildman–Crippen LogP) is 0.821. The molecule has 1 rings (SSSR count). The summed E-state index contributed by atoms with van der Waals surface area (Å²) >= 11 is 0. The molecule has 1 aromatic rings. The number of nitrogens with zero attached hydrogens (tertiary/aromatic N) is 2. The van der Waals surface area contributed by atoms with E-state index in [1.165, 1.54) is 7.05 Å². The number of alkyl halides is 3. The van der Waals surface area contributed by atoms with Crippen LogP contribution in [0, 0.1) is 0 Å². The first-order valence-corrected chi connectivity index (χ1v) is 4.35. The number of hydrogen-bond acceptors (Lipinski definition) is 3. The van der Waals surface area contributed by atoms with E-state index in [0.717, 1.165) is 10.7 Å². The third-order valence-corrected chi connectivity index (χ3v) is 1.99. The van der Waals surface area contributed by atoms with E-state index in [1.54, 1.807) is 0 Å². The number of aryl methyl sites for hydroxylation is 1. The summed E-state index contributed by atoms with van der Waals surface area (Å²) in [5.41, 5.74) is 4.31. The van der Waals surface area contributed by atoms with E-state index in [2.05, 4.69) is 5.10 Å². The lowest BCUT2D eigenvalue weighted by atomic mass is 10.2. The van der Waals surface area contributed by atoms with Crippen LogP contribution in [0.3, 0.4) is 0 Å². The molecule has 0 spiro atoms. The Morgan fingerprint density at radius 3 is 2.60 bits per heavy atom. The quantitative estimate of drug-likeness (QED) is 0.797. The van der Waals surface area contributed by atoms with E-state index in [-0.39, 0.29) is 18.7 Å². The fraction of sp³-hybridized carbons (Fsp3) is 0.625. The van der Waals surface area contributed by atoms with Gasteiger partial charge in [0.25, 0.3) is 0 Å². The Labute approximate surface area is 84.5 Å². The Morgan fingerprint density at radius 2 is 2.20 bits per heavy atom. The summed E-state index contributed by atoms with van der Waals surface area (Å²) in [6, 6.07) is 0.834. The second-order valence-corrected chi connectivity index (χ2v) is 3.17. The van der Waals surface area contributed by atoms with Gasteiger partial charge in [0.1, 0.15) is 0 Å². The van der Waals surface area contributed by atoms with E-state index in [4.69, 9.17) is 5.73 Å². The molecule has 0 bridgehead atoms. The largest absolute Gasteiger partial charge is 0.435 e. The van der Waals surface area contributed by atoms with Crippen molar-refractivity contribution in [1.82, 2.24) is 9.78 Å². The zero-order valence-corrected chi connectivity index (χ0v) is 8.12. The van der Waals surface area contributed by atoms with Crippen LogP contribution < -0.4 is 5.73 Å². The monoisotopic (exact) mass is 223 g/mol. The summed E-state index contributed by atoms with van der Waals surface area (Å²) < 4.78 is 37.8. The van der Waals surface area contributed by atoms with Gasteiger partial charge in [-0.05, 0) is 19.0 Å². The molecule has 1 aromatic heterocycles. The van der Waals surface area contributed by atoms with Crippen molar-refractivity contribution in [2.24, 2.45) is 12.8 Å². The van der Waals surface area contributed by atoms with Crippen LogP contribution in [0.15, 0.2) is 6.07 Å². The van der Waals surface area contributed by atoms with Crippen LogP contribution >= 0.6 is 0 Å². The minimum atomic E-state index is -4.49. The lowest BCUT2D eigenvalue weighted by Gasteiger charge is -2.08. The summed E-state index contributed by atoms with van der Waals surface area (Å²) in [7, 11) is 1.35. The summed E-state index contributed by atoms with van der Waals surface area (Å²) in [5.74, 6) is 0. The fourth-order valence-corrected chi connectivity index (χ4v) is 1.24. The smallest absolute Gasteiger partial charge is 0.387 e. The molecule has 7 heteroatoms. The van der Waals surface area contributed by atoms with Crippen molar-refractivity contribution in [2.75, 3.05) is 6.54 Å². The fourth-order valence-electron chi connectivity index (χ4n) is 1.24. The van der Waals surface area contributed by atoms with Crippen molar-refractivity contribution in [3.63, 3.8) is 0 Å². The van der Waals surface area contributed by atoms with Gasteiger partial charge < -0.3 is 10.8 Å². The first-order chi connectivity index (χ1) is 6.86. The van der Waals surface area contributed by atoms with Gasteiger partial charge in [-0.15, -0.1) is 0 Å². The van der Waals surface area contributed by atoms with E-state index >= 15 is 0 Å². The van der Waals surface area contributed by atoms with E-state index < -0.39 is 18.0 Å². The maximum absolute atomic E-state index is 12.2. The number of rotatable bonds is 3. The van der Waals surface area contributed by atoms with Crippen molar-refractivity contribution in [3.8, 4) is 0 Å². The second kappa shape index (κ2) is 4.19. The zero-order valence-electron chi connectivity index (χ0n) is 8.12. The standard InChI is InChI=1S/C8H12F3N3O/c1-14-5(6(15)2-3-12)4-7(13-14)8(9,10)11/h4,6,15H,2-3,12H2,1H3. The molecule has 15 heavy (non-hydrogen) atoms. The predicted molar refractivity (Wildman–Crippen MR) is 46.8 cm³/mol. The van der Waals surface area contributed by atoms with Crippen LogP contribution in [-0.4, -0.2) is 21.4 Å². The van der Waals surface area contributed by atoms with Gasteiger partial charge in [-0.25, -0.2) is 0 Å². The minimum absolute atomic E-state index is 0.118. The molecule has 1 atom stereocenters. The van der Waals surface area contributed by atoms with E-state index in [1.807, 2.05) is 0 Å². The van der Waals surface area contributed by atoms with Crippen LogP contribution in [-0.2, 0) is 13.2 Å². The Morgan fingerprint density at radius 1 is 1.60 bits per heavy atom. The molecule has 0 aliphatic rings. The third-order valence-electron chi connectivity index (χ3n) is 1.99. The normalized spacial score (nSPS) is 14.3. The molecule has 0 fully saturated rings. The van der Waals surface area contributed by atoms with Gasteiger partial charge in [-0.2, -0.15) is 18.3 Å². The lowest BCUT2D eigenvalue weighted by molar-refractivity contribution is -0.141. The summed E-state index contributed by atoms with van der Waals surface area (Å²) in [6.45, 7) is 0.202. The Hall–Kier alpha value is -1.08. The van der Waals surface area contributed by atoms with Gasteiger partial charge in [0, 0.05) is 7.05 Å². The highest BCUT2D eigenvalue weighted by atomic mass is 19.4. The van der Waals surface area contributed by atoms with Crippen LogP contribution in [0.4, 0.5) is 13.2 Å². The molecule has 0 saturated carbocycles. The highest BCUT2D eigenvalue weighted by Crippen LogP contribution is 2.30.